The van der Waals surface area contributed by atoms with Gasteiger partial charge in [-0.1, -0.05) is 6.92 Å². The SMILES string of the molecule is CC(CN)CN1CC(c2ccncc2)NC1=O. The first-order chi connectivity index (χ1) is 8.20. The molecule has 2 atom stereocenters. The van der Waals surface area contributed by atoms with Crippen LogP contribution in [-0.2, 0) is 0 Å². The minimum Gasteiger partial charge on any atom is -0.330 e. The zero-order valence-corrected chi connectivity index (χ0v) is 9.97. The van der Waals surface area contributed by atoms with Crippen molar-refractivity contribution in [2.75, 3.05) is 19.6 Å². The summed E-state index contributed by atoms with van der Waals surface area (Å²) in [5.74, 6) is 0.331. The Labute approximate surface area is 101 Å². The fourth-order valence-corrected chi connectivity index (χ4v) is 1.98. The standard InChI is InChI=1S/C12H18N4O/c1-9(6-13)7-16-8-11(15-12(16)17)10-2-4-14-5-3-10/h2-5,9,11H,6-8,13H2,1H3,(H,15,17). The molecule has 5 heteroatoms. The summed E-state index contributed by atoms with van der Waals surface area (Å²) in [6, 6.07) is 3.92. The number of rotatable bonds is 4. The Morgan fingerprint density at radius 1 is 1.59 bits per heavy atom. The Morgan fingerprint density at radius 2 is 2.29 bits per heavy atom. The molecule has 17 heavy (non-hydrogen) atoms. The molecule has 1 aromatic heterocycles. The van der Waals surface area contributed by atoms with Crippen molar-refractivity contribution in [2.45, 2.75) is 13.0 Å². The summed E-state index contributed by atoms with van der Waals surface area (Å²) >= 11 is 0. The molecule has 5 nitrogen and oxygen atoms in total. The zero-order chi connectivity index (χ0) is 12.3. The molecule has 92 valence electrons. The van der Waals surface area contributed by atoms with Crippen LogP contribution in [0, 0.1) is 5.92 Å². The first-order valence-corrected chi connectivity index (χ1v) is 5.86. The Balaban J connectivity index is 2.00. The van der Waals surface area contributed by atoms with Crippen LogP contribution in [0.5, 0.6) is 0 Å². The molecule has 0 bridgehead atoms. The zero-order valence-electron chi connectivity index (χ0n) is 9.97. The van der Waals surface area contributed by atoms with Gasteiger partial charge in [0.1, 0.15) is 0 Å². The molecule has 0 spiro atoms. The third kappa shape index (κ3) is 2.74. The summed E-state index contributed by atoms with van der Waals surface area (Å²) in [4.78, 5) is 17.6. The van der Waals surface area contributed by atoms with Crippen LogP contribution in [0.1, 0.15) is 18.5 Å². The average Bonchev–Trinajstić information content (AvgIpc) is 2.72. The fraction of sp³-hybridized carbons (Fsp3) is 0.500. The van der Waals surface area contributed by atoms with Gasteiger partial charge in [0.2, 0.25) is 0 Å². The summed E-state index contributed by atoms with van der Waals surface area (Å²) in [5, 5.41) is 2.97. The maximum atomic E-state index is 11.8. The van der Waals surface area contributed by atoms with Gasteiger partial charge in [0, 0.05) is 25.5 Å². The molecule has 2 rings (SSSR count). The number of pyridine rings is 1. The van der Waals surface area contributed by atoms with E-state index < -0.39 is 0 Å². The minimum atomic E-state index is -0.00730. The number of urea groups is 1. The van der Waals surface area contributed by atoms with Crippen molar-refractivity contribution in [2.24, 2.45) is 11.7 Å². The lowest BCUT2D eigenvalue weighted by atomic mass is 10.1. The normalized spacial score (nSPS) is 21.4. The highest BCUT2D eigenvalue weighted by Crippen LogP contribution is 2.20. The second kappa shape index (κ2) is 5.14. The molecule has 2 amide bonds. The molecule has 3 N–H and O–H groups in total. The highest BCUT2D eigenvalue weighted by molar-refractivity contribution is 5.77. The lowest BCUT2D eigenvalue weighted by Gasteiger charge is -2.18. The third-order valence-corrected chi connectivity index (χ3v) is 3.03. The summed E-state index contributed by atoms with van der Waals surface area (Å²) in [6.07, 6.45) is 3.49. The molecule has 1 fully saturated rings. The molecule has 0 saturated carbocycles. The topological polar surface area (TPSA) is 71.2 Å². The van der Waals surface area contributed by atoms with Crippen LogP contribution >= 0.6 is 0 Å². The van der Waals surface area contributed by atoms with Crippen molar-refractivity contribution in [1.82, 2.24) is 15.2 Å². The van der Waals surface area contributed by atoms with Gasteiger partial charge in [0.25, 0.3) is 0 Å². The van der Waals surface area contributed by atoms with E-state index in [0.717, 1.165) is 5.56 Å². The summed E-state index contributed by atoms with van der Waals surface area (Å²) in [5.41, 5.74) is 6.67. The number of amides is 2. The number of nitrogens with two attached hydrogens (primary N) is 1. The number of hydrogen-bond donors (Lipinski definition) is 2. The highest BCUT2D eigenvalue weighted by atomic mass is 16.2. The van der Waals surface area contributed by atoms with Gasteiger partial charge in [-0.3, -0.25) is 4.98 Å². The van der Waals surface area contributed by atoms with Crippen LogP contribution in [-0.4, -0.2) is 35.5 Å². The smallest absolute Gasteiger partial charge is 0.318 e. The molecule has 2 unspecified atom stereocenters. The van der Waals surface area contributed by atoms with Gasteiger partial charge in [-0.25, -0.2) is 4.79 Å². The van der Waals surface area contributed by atoms with E-state index in [1.165, 1.54) is 0 Å². The van der Waals surface area contributed by atoms with E-state index in [4.69, 9.17) is 5.73 Å². The highest BCUT2D eigenvalue weighted by Gasteiger charge is 2.29. The Kier molecular flexibility index (Phi) is 3.58. The number of hydrogen-bond acceptors (Lipinski definition) is 3. The first kappa shape index (κ1) is 11.9. The number of nitrogens with zero attached hydrogens (tertiary/aromatic N) is 2. The summed E-state index contributed by atoms with van der Waals surface area (Å²) < 4.78 is 0. The second-order valence-electron chi connectivity index (χ2n) is 4.53. The number of nitrogens with one attached hydrogen (secondary N) is 1. The van der Waals surface area contributed by atoms with Gasteiger partial charge in [-0.2, -0.15) is 0 Å². The van der Waals surface area contributed by atoms with Crippen LogP contribution in [0.2, 0.25) is 0 Å². The van der Waals surface area contributed by atoms with Gasteiger partial charge in [0.05, 0.1) is 6.04 Å². The van der Waals surface area contributed by atoms with Crippen LogP contribution in [0.4, 0.5) is 4.79 Å². The molecule has 2 heterocycles. The molecular weight excluding hydrogens is 216 g/mol. The van der Waals surface area contributed by atoms with Crippen LogP contribution < -0.4 is 11.1 Å². The minimum absolute atomic E-state index is 0.00730. The van der Waals surface area contributed by atoms with Crippen LogP contribution in [0.25, 0.3) is 0 Å². The van der Waals surface area contributed by atoms with Gasteiger partial charge in [0.15, 0.2) is 0 Å². The van der Waals surface area contributed by atoms with E-state index in [9.17, 15) is 4.79 Å². The van der Waals surface area contributed by atoms with E-state index in [0.29, 0.717) is 25.6 Å². The van der Waals surface area contributed by atoms with Crippen molar-refractivity contribution in [1.29, 1.82) is 0 Å². The van der Waals surface area contributed by atoms with E-state index in [2.05, 4.69) is 10.3 Å². The van der Waals surface area contributed by atoms with Crippen molar-refractivity contribution in [3.05, 3.63) is 30.1 Å². The summed E-state index contributed by atoms with van der Waals surface area (Å²) in [7, 11) is 0. The van der Waals surface area contributed by atoms with E-state index in [1.807, 2.05) is 24.0 Å². The second-order valence-corrected chi connectivity index (χ2v) is 4.53. The predicted molar refractivity (Wildman–Crippen MR) is 65.3 cm³/mol. The van der Waals surface area contributed by atoms with Gasteiger partial charge >= 0.3 is 6.03 Å². The Bertz CT molecular complexity index is 381. The predicted octanol–water partition coefficient (Wildman–Crippen LogP) is 0.743. The van der Waals surface area contributed by atoms with E-state index in [-0.39, 0.29) is 12.1 Å². The monoisotopic (exact) mass is 234 g/mol. The van der Waals surface area contributed by atoms with Gasteiger partial charge in [-0.15, -0.1) is 0 Å². The largest absolute Gasteiger partial charge is 0.330 e. The summed E-state index contributed by atoms with van der Waals surface area (Å²) in [6.45, 7) is 4.06. The number of carbonyl (C=O) groups is 1. The quantitative estimate of drug-likeness (QED) is 0.807. The molecule has 1 saturated heterocycles. The average molecular weight is 234 g/mol. The maximum absolute atomic E-state index is 11.8. The molecule has 1 aliphatic heterocycles. The Morgan fingerprint density at radius 3 is 2.94 bits per heavy atom. The van der Waals surface area contributed by atoms with Crippen molar-refractivity contribution in [3.63, 3.8) is 0 Å². The van der Waals surface area contributed by atoms with Crippen molar-refractivity contribution < 1.29 is 4.79 Å². The van der Waals surface area contributed by atoms with Crippen LogP contribution in [0.3, 0.4) is 0 Å². The lowest BCUT2D eigenvalue weighted by Crippen LogP contribution is -2.34. The molecule has 1 aromatic rings. The van der Waals surface area contributed by atoms with Crippen LogP contribution in [0.15, 0.2) is 24.5 Å². The number of aromatic nitrogens is 1. The first-order valence-electron chi connectivity index (χ1n) is 5.86. The number of carbonyl (C=O) groups excluding carboxylic acids is 1. The molecule has 0 aromatic carbocycles. The van der Waals surface area contributed by atoms with E-state index in [1.54, 1.807) is 12.4 Å². The molecule has 0 radical (unpaired) electrons. The fourth-order valence-electron chi connectivity index (χ4n) is 1.98. The maximum Gasteiger partial charge on any atom is 0.318 e. The molecule has 1 aliphatic rings. The molecular formula is C12H18N4O. The van der Waals surface area contributed by atoms with Gasteiger partial charge < -0.3 is 16.0 Å². The van der Waals surface area contributed by atoms with Gasteiger partial charge in [-0.05, 0) is 30.2 Å². The van der Waals surface area contributed by atoms with Crippen molar-refractivity contribution >= 4 is 6.03 Å². The lowest BCUT2D eigenvalue weighted by molar-refractivity contribution is 0.211. The third-order valence-electron chi connectivity index (χ3n) is 3.03. The Hall–Kier alpha value is -1.62. The molecule has 0 aliphatic carbocycles. The van der Waals surface area contributed by atoms with E-state index >= 15 is 0 Å². The van der Waals surface area contributed by atoms with Crippen molar-refractivity contribution in [3.8, 4) is 0 Å².